The van der Waals surface area contributed by atoms with Crippen LogP contribution < -0.4 is 11.1 Å². The number of hydrogen-bond acceptors (Lipinski definition) is 2. The standard InChI is InChI=1S/C51H43NO2/c1-26-22-30(23-27(2)28(26)3)52-48(53)46-37-24-35(31-14-10-12-16-39(31)50(4,5)6)33-20-18-29-19-21-34-36(32-15-11-13-17-40(32)51(7,8)9)25-38(47(46)49(52)54)45-43(34)41(29)42(33)44(37)45/h10-25H,1-9H3. The summed E-state index contributed by atoms with van der Waals surface area (Å²) in [6.45, 7) is 19.7. The van der Waals surface area contributed by atoms with Crippen molar-refractivity contribution in [1.82, 2.24) is 4.57 Å². The van der Waals surface area contributed by atoms with Gasteiger partial charge in [0.1, 0.15) is 0 Å². The van der Waals surface area contributed by atoms with Crippen molar-refractivity contribution in [2.24, 2.45) is 0 Å². The Bertz CT molecular complexity index is 3080. The average Bonchev–Trinajstić information content (AvgIpc) is 3.63. The fraction of sp³-hybridized carbons (Fsp3) is 0.216. The lowest BCUT2D eigenvalue weighted by Crippen LogP contribution is -2.23. The highest BCUT2D eigenvalue weighted by Crippen LogP contribution is 2.54. The first kappa shape index (κ1) is 32.8. The van der Waals surface area contributed by atoms with E-state index in [9.17, 15) is 0 Å². The number of fused-ring (bicyclic) bond motifs is 3. The highest BCUT2D eigenvalue weighted by molar-refractivity contribution is 6.50. The molecule has 0 atom stereocenters. The molecule has 0 saturated carbocycles. The van der Waals surface area contributed by atoms with Crippen LogP contribution in [0.2, 0.25) is 0 Å². The molecule has 0 radical (unpaired) electrons. The minimum absolute atomic E-state index is 0.115. The van der Waals surface area contributed by atoms with Crippen LogP contribution in [0.3, 0.4) is 0 Å². The number of hydrogen-bond donors (Lipinski definition) is 0. The second-order valence-corrected chi connectivity index (χ2v) is 17.8. The fourth-order valence-corrected chi connectivity index (χ4v) is 9.75. The monoisotopic (exact) mass is 701 g/mol. The summed E-state index contributed by atoms with van der Waals surface area (Å²) in [5.74, 6) is 0. The molecule has 0 N–H and O–H groups in total. The van der Waals surface area contributed by atoms with Crippen LogP contribution in [0.1, 0.15) is 69.4 Å². The average molecular weight is 702 g/mol. The Hall–Kier alpha value is -5.80. The second-order valence-electron chi connectivity index (χ2n) is 17.8. The smallest absolute Gasteiger partial charge is 0.266 e. The Balaban J connectivity index is 1.50. The molecule has 0 amide bonds. The first-order valence-corrected chi connectivity index (χ1v) is 19.1. The first-order chi connectivity index (χ1) is 25.7. The highest BCUT2D eigenvalue weighted by atomic mass is 16.2. The van der Waals surface area contributed by atoms with E-state index in [0.717, 1.165) is 54.9 Å². The van der Waals surface area contributed by atoms with Crippen LogP contribution in [0, 0.1) is 20.8 Å². The van der Waals surface area contributed by atoms with Gasteiger partial charge in [-0.15, -0.1) is 0 Å². The van der Waals surface area contributed by atoms with Gasteiger partial charge < -0.3 is 0 Å². The predicted octanol–water partition coefficient (Wildman–Crippen LogP) is 12.7. The molecule has 1 aromatic heterocycles. The van der Waals surface area contributed by atoms with Gasteiger partial charge in [0.15, 0.2) is 0 Å². The molecule has 0 unspecified atom stereocenters. The molecule has 0 aliphatic heterocycles. The van der Waals surface area contributed by atoms with E-state index in [-0.39, 0.29) is 21.9 Å². The molecule has 264 valence electrons. The molecule has 10 rings (SSSR count). The maximum atomic E-state index is 15.2. The summed E-state index contributed by atoms with van der Waals surface area (Å²) in [6, 6.07) is 34.8. The zero-order chi connectivity index (χ0) is 37.7. The topological polar surface area (TPSA) is 39.1 Å². The largest absolute Gasteiger partial charge is 0.268 e. The van der Waals surface area contributed by atoms with Crippen LogP contribution in [0.5, 0.6) is 0 Å². The summed E-state index contributed by atoms with van der Waals surface area (Å²) in [7, 11) is 0. The summed E-state index contributed by atoms with van der Waals surface area (Å²) in [5, 5.41) is 12.0. The Morgan fingerprint density at radius 2 is 0.833 bits per heavy atom. The van der Waals surface area contributed by atoms with E-state index in [0.29, 0.717) is 16.5 Å². The quantitative estimate of drug-likeness (QED) is 0.172. The Morgan fingerprint density at radius 1 is 0.426 bits per heavy atom. The molecule has 54 heavy (non-hydrogen) atoms. The molecule has 0 fully saturated rings. The third-order valence-corrected chi connectivity index (χ3v) is 12.5. The van der Waals surface area contributed by atoms with Crippen molar-refractivity contribution in [2.45, 2.75) is 73.1 Å². The van der Waals surface area contributed by atoms with Gasteiger partial charge in [-0.05, 0) is 160 Å². The van der Waals surface area contributed by atoms with Gasteiger partial charge in [-0.25, -0.2) is 4.57 Å². The maximum absolute atomic E-state index is 15.2. The number of nitrogens with zero attached hydrogens (tertiary/aromatic N) is 1. The fourth-order valence-electron chi connectivity index (χ4n) is 9.75. The van der Waals surface area contributed by atoms with Crippen LogP contribution in [0.4, 0.5) is 0 Å². The lowest BCUT2D eigenvalue weighted by atomic mass is 9.80. The van der Waals surface area contributed by atoms with E-state index >= 15 is 9.59 Å². The Labute approximate surface area is 314 Å². The van der Waals surface area contributed by atoms with Crippen molar-refractivity contribution < 1.29 is 0 Å². The molecule has 0 bridgehead atoms. The normalized spacial score (nSPS) is 13.1. The molecule has 0 spiro atoms. The molecule has 10 aromatic rings. The van der Waals surface area contributed by atoms with Crippen molar-refractivity contribution in [3.05, 3.63) is 146 Å². The highest BCUT2D eigenvalue weighted by Gasteiger charge is 2.31. The summed E-state index contributed by atoms with van der Waals surface area (Å²) in [6.07, 6.45) is 0. The molecular formula is C51H43NO2. The van der Waals surface area contributed by atoms with E-state index in [2.05, 4.69) is 147 Å². The predicted molar refractivity (Wildman–Crippen MR) is 231 cm³/mol. The van der Waals surface area contributed by atoms with Crippen molar-refractivity contribution in [3.8, 4) is 27.9 Å². The molecular weight excluding hydrogens is 659 g/mol. The maximum Gasteiger partial charge on any atom is 0.266 e. The van der Waals surface area contributed by atoms with Crippen LogP contribution in [-0.2, 0) is 10.8 Å². The molecule has 9 aromatic carbocycles. The summed E-state index contributed by atoms with van der Waals surface area (Å²) >= 11 is 0. The summed E-state index contributed by atoms with van der Waals surface area (Å²) < 4.78 is 1.44. The second kappa shape index (κ2) is 10.7. The van der Waals surface area contributed by atoms with Crippen LogP contribution in [0.15, 0.2) is 107 Å². The lowest BCUT2D eigenvalue weighted by molar-refractivity contribution is 0.592. The molecule has 0 saturated heterocycles. The number of benzene rings is 8. The molecule has 0 aliphatic carbocycles. The summed E-state index contributed by atoms with van der Waals surface area (Å²) in [5.41, 5.74) is 10.2. The van der Waals surface area contributed by atoms with Gasteiger partial charge in [-0.1, -0.05) is 114 Å². The first-order valence-electron chi connectivity index (χ1n) is 19.1. The van der Waals surface area contributed by atoms with E-state index in [1.165, 1.54) is 53.6 Å². The number of aromatic nitrogens is 1. The van der Waals surface area contributed by atoms with Crippen molar-refractivity contribution >= 4 is 64.6 Å². The van der Waals surface area contributed by atoms with Gasteiger partial charge in [-0.3, -0.25) is 9.59 Å². The van der Waals surface area contributed by atoms with Crippen LogP contribution >= 0.6 is 0 Å². The van der Waals surface area contributed by atoms with Gasteiger partial charge in [0.25, 0.3) is 11.1 Å². The number of aryl methyl sites for hydroxylation is 2. The van der Waals surface area contributed by atoms with Gasteiger partial charge >= 0.3 is 0 Å². The molecule has 0 aliphatic rings. The van der Waals surface area contributed by atoms with E-state index in [1.54, 1.807) is 0 Å². The minimum atomic E-state index is -0.256. The molecule has 3 nitrogen and oxygen atoms in total. The van der Waals surface area contributed by atoms with E-state index in [4.69, 9.17) is 0 Å². The lowest BCUT2D eigenvalue weighted by Gasteiger charge is -2.24. The Morgan fingerprint density at radius 3 is 1.26 bits per heavy atom. The Kier molecular flexibility index (Phi) is 6.48. The van der Waals surface area contributed by atoms with E-state index in [1.807, 2.05) is 12.1 Å². The SMILES string of the molecule is Cc1cc(-n2c(=O)c3c4cc(-c5ccccc5C(C)(C)C)c5ccc6ccc7c(-c8ccccc8C(C)(C)C)cc(c3c2=O)c2c7c6c5c42)cc(C)c1C. The van der Waals surface area contributed by atoms with Crippen molar-refractivity contribution in [3.63, 3.8) is 0 Å². The van der Waals surface area contributed by atoms with Gasteiger partial charge in [0.2, 0.25) is 0 Å². The van der Waals surface area contributed by atoms with Gasteiger partial charge in [0, 0.05) is 0 Å². The minimum Gasteiger partial charge on any atom is -0.268 e. The molecule has 1 heterocycles. The van der Waals surface area contributed by atoms with Crippen molar-refractivity contribution in [2.75, 3.05) is 0 Å². The van der Waals surface area contributed by atoms with Crippen molar-refractivity contribution in [1.29, 1.82) is 0 Å². The van der Waals surface area contributed by atoms with Gasteiger partial charge in [-0.2, -0.15) is 0 Å². The third kappa shape index (κ3) is 4.18. The van der Waals surface area contributed by atoms with Crippen LogP contribution in [-0.4, -0.2) is 4.57 Å². The third-order valence-electron chi connectivity index (χ3n) is 12.5. The molecule has 3 heteroatoms. The zero-order valence-electron chi connectivity index (χ0n) is 32.5. The van der Waals surface area contributed by atoms with E-state index < -0.39 is 0 Å². The summed E-state index contributed by atoms with van der Waals surface area (Å²) in [4.78, 5) is 30.4. The van der Waals surface area contributed by atoms with Gasteiger partial charge in [0.05, 0.1) is 16.5 Å². The number of rotatable bonds is 3. The van der Waals surface area contributed by atoms with Crippen LogP contribution in [0.25, 0.3) is 92.6 Å². The zero-order valence-corrected chi connectivity index (χ0v) is 32.5.